The highest BCUT2D eigenvalue weighted by Crippen LogP contribution is 2.31. The molecule has 0 aliphatic carbocycles. The zero-order valence-electron chi connectivity index (χ0n) is 13.6. The predicted molar refractivity (Wildman–Crippen MR) is 89.1 cm³/mol. The summed E-state index contributed by atoms with van der Waals surface area (Å²) in [7, 11) is 0. The zero-order valence-corrected chi connectivity index (χ0v) is 13.6. The number of carboxylic acid groups (broad SMARTS) is 1. The van der Waals surface area contributed by atoms with E-state index in [9.17, 15) is 27.5 Å². The number of fused-ring (bicyclic) bond motifs is 1. The van der Waals surface area contributed by atoms with Crippen molar-refractivity contribution in [1.29, 1.82) is 0 Å². The number of rotatable bonds is 5. The van der Waals surface area contributed by atoms with Crippen molar-refractivity contribution in [3.05, 3.63) is 70.9 Å². The van der Waals surface area contributed by atoms with Gasteiger partial charge in [-0.1, -0.05) is 24.3 Å². The normalized spacial score (nSPS) is 11.8. The van der Waals surface area contributed by atoms with E-state index in [1.807, 2.05) is 0 Å². The second-order valence-electron chi connectivity index (χ2n) is 5.91. The molecule has 0 aliphatic heterocycles. The molecular formula is C19H15F4NO2. The third-order valence-electron chi connectivity index (χ3n) is 4.22. The SMILES string of the molecule is O=C(O)c1cn(CCF)c2cccc(Cc3ccc(C(F)(F)F)cc3)c12. The lowest BCUT2D eigenvalue weighted by Gasteiger charge is -2.09. The number of alkyl halides is 4. The Balaban J connectivity index is 2.04. The van der Waals surface area contributed by atoms with Crippen LogP contribution in [0.2, 0.25) is 0 Å². The minimum absolute atomic E-state index is 0.0352. The maximum absolute atomic E-state index is 12.7. The summed E-state index contributed by atoms with van der Waals surface area (Å²) in [6.07, 6.45) is -2.74. The van der Waals surface area contributed by atoms with Crippen LogP contribution in [0.1, 0.15) is 27.0 Å². The van der Waals surface area contributed by atoms with E-state index in [4.69, 9.17) is 0 Å². The first-order valence-corrected chi connectivity index (χ1v) is 7.87. The van der Waals surface area contributed by atoms with Crippen LogP contribution in [0.15, 0.2) is 48.7 Å². The van der Waals surface area contributed by atoms with E-state index in [0.29, 0.717) is 22.0 Å². The van der Waals surface area contributed by atoms with Crippen molar-refractivity contribution in [3.8, 4) is 0 Å². The summed E-state index contributed by atoms with van der Waals surface area (Å²) in [5.41, 5.74) is 1.19. The van der Waals surface area contributed by atoms with Crippen molar-refractivity contribution in [1.82, 2.24) is 4.57 Å². The fourth-order valence-electron chi connectivity index (χ4n) is 3.04. The molecule has 0 atom stereocenters. The van der Waals surface area contributed by atoms with Crippen molar-refractivity contribution < 1.29 is 27.5 Å². The van der Waals surface area contributed by atoms with Crippen molar-refractivity contribution in [3.63, 3.8) is 0 Å². The quantitative estimate of drug-likeness (QED) is 0.652. The van der Waals surface area contributed by atoms with Crippen molar-refractivity contribution in [2.75, 3.05) is 6.67 Å². The number of benzene rings is 2. The van der Waals surface area contributed by atoms with Gasteiger partial charge in [0.25, 0.3) is 0 Å². The molecule has 136 valence electrons. The lowest BCUT2D eigenvalue weighted by atomic mass is 9.98. The molecule has 3 rings (SSSR count). The smallest absolute Gasteiger partial charge is 0.416 e. The zero-order chi connectivity index (χ0) is 18.9. The molecule has 3 aromatic rings. The fraction of sp³-hybridized carbons (Fsp3) is 0.211. The molecule has 1 aromatic heterocycles. The predicted octanol–water partition coefficient (Wildman–Crippen LogP) is 4.92. The molecule has 0 saturated heterocycles. The number of carboxylic acids is 1. The van der Waals surface area contributed by atoms with E-state index in [0.717, 1.165) is 12.1 Å². The summed E-state index contributed by atoms with van der Waals surface area (Å²) >= 11 is 0. The Morgan fingerprint density at radius 3 is 2.35 bits per heavy atom. The van der Waals surface area contributed by atoms with Crippen LogP contribution in [0.3, 0.4) is 0 Å². The first-order valence-electron chi connectivity index (χ1n) is 7.87. The van der Waals surface area contributed by atoms with E-state index in [1.54, 1.807) is 18.2 Å². The standard InChI is InChI=1S/C19H15F4NO2/c20-8-9-24-11-15(18(25)26)17-13(2-1-3-16(17)24)10-12-4-6-14(7-5-12)19(21,22)23/h1-7,11H,8-10H2,(H,25,26). The van der Waals surface area contributed by atoms with Crippen LogP contribution in [-0.2, 0) is 19.1 Å². The van der Waals surface area contributed by atoms with Gasteiger partial charge in [0, 0.05) is 17.1 Å². The first-order chi connectivity index (χ1) is 12.3. The maximum atomic E-state index is 12.7. The van der Waals surface area contributed by atoms with Crippen LogP contribution in [0.25, 0.3) is 10.9 Å². The number of aromatic carboxylic acids is 1. The second kappa shape index (κ2) is 6.82. The van der Waals surface area contributed by atoms with E-state index in [2.05, 4.69) is 0 Å². The molecule has 0 saturated carbocycles. The van der Waals surface area contributed by atoms with Crippen molar-refractivity contribution in [2.45, 2.75) is 19.1 Å². The number of nitrogens with zero attached hydrogens (tertiary/aromatic N) is 1. The maximum Gasteiger partial charge on any atom is 0.416 e. The number of halogens is 4. The lowest BCUT2D eigenvalue weighted by molar-refractivity contribution is -0.137. The molecule has 0 aliphatic rings. The number of carbonyl (C=O) groups is 1. The highest BCUT2D eigenvalue weighted by Gasteiger charge is 2.30. The van der Waals surface area contributed by atoms with Gasteiger partial charge >= 0.3 is 12.1 Å². The molecule has 1 N–H and O–H groups in total. The molecule has 1 heterocycles. The van der Waals surface area contributed by atoms with E-state index >= 15 is 0 Å². The topological polar surface area (TPSA) is 42.2 Å². The van der Waals surface area contributed by atoms with Gasteiger partial charge in [-0.2, -0.15) is 13.2 Å². The van der Waals surface area contributed by atoms with Crippen LogP contribution in [0.4, 0.5) is 17.6 Å². The average molecular weight is 365 g/mol. The van der Waals surface area contributed by atoms with Crippen molar-refractivity contribution >= 4 is 16.9 Å². The van der Waals surface area contributed by atoms with Crippen LogP contribution in [0, 0.1) is 0 Å². The molecule has 3 nitrogen and oxygen atoms in total. The molecule has 2 aromatic carbocycles. The molecule has 0 unspecified atom stereocenters. The van der Waals surface area contributed by atoms with Crippen LogP contribution >= 0.6 is 0 Å². The van der Waals surface area contributed by atoms with Gasteiger partial charge in [0.15, 0.2) is 0 Å². The molecule has 0 amide bonds. The third-order valence-corrected chi connectivity index (χ3v) is 4.22. The monoisotopic (exact) mass is 365 g/mol. The van der Waals surface area contributed by atoms with Gasteiger partial charge in [-0.15, -0.1) is 0 Å². The van der Waals surface area contributed by atoms with Gasteiger partial charge in [-0.05, 0) is 35.7 Å². The minimum Gasteiger partial charge on any atom is -0.478 e. The molecule has 7 heteroatoms. The van der Waals surface area contributed by atoms with Gasteiger partial charge in [0.05, 0.1) is 17.7 Å². The Labute approximate surface area is 146 Å². The second-order valence-corrected chi connectivity index (χ2v) is 5.91. The third kappa shape index (κ3) is 3.42. The summed E-state index contributed by atoms with van der Waals surface area (Å²) in [6.45, 7) is -0.598. The average Bonchev–Trinajstić information content (AvgIpc) is 2.95. The van der Waals surface area contributed by atoms with Crippen molar-refractivity contribution in [2.24, 2.45) is 0 Å². The summed E-state index contributed by atoms with van der Waals surface area (Å²) < 4.78 is 52.3. The van der Waals surface area contributed by atoms with Crippen LogP contribution < -0.4 is 0 Å². The minimum atomic E-state index is -4.40. The molecule has 26 heavy (non-hydrogen) atoms. The van der Waals surface area contributed by atoms with E-state index in [-0.39, 0.29) is 18.5 Å². The number of hydrogen-bond acceptors (Lipinski definition) is 1. The molecular weight excluding hydrogens is 350 g/mol. The summed E-state index contributed by atoms with van der Waals surface area (Å²) in [5, 5.41) is 9.93. The Bertz CT molecular complexity index is 943. The van der Waals surface area contributed by atoms with Gasteiger partial charge in [0.2, 0.25) is 0 Å². The molecule has 0 bridgehead atoms. The first kappa shape index (κ1) is 18.0. The van der Waals surface area contributed by atoms with Crippen LogP contribution in [0.5, 0.6) is 0 Å². The molecule has 0 fully saturated rings. The summed E-state index contributed by atoms with van der Waals surface area (Å²) in [6, 6.07) is 9.91. The van der Waals surface area contributed by atoms with Gasteiger partial charge in [-0.3, -0.25) is 0 Å². The van der Waals surface area contributed by atoms with E-state index in [1.165, 1.54) is 22.9 Å². The Morgan fingerprint density at radius 2 is 1.77 bits per heavy atom. The van der Waals surface area contributed by atoms with Gasteiger partial charge in [-0.25, -0.2) is 9.18 Å². The Kier molecular flexibility index (Phi) is 4.71. The van der Waals surface area contributed by atoms with E-state index < -0.39 is 24.4 Å². The highest BCUT2D eigenvalue weighted by molar-refractivity contribution is 6.05. The lowest BCUT2D eigenvalue weighted by Crippen LogP contribution is -2.04. The largest absolute Gasteiger partial charge is 0.478 e. The number of hydrogen-bond donors (Lipinski definition) is 1. The number of aryl methyl sites for hydroxylation is 1. The molecule has 0 radical (unpaired) electrons. The van der Waals surface area contributed by atoms with Gasteiger partial charge < -0.3 is 9.67 Å². The Hall–Kier alpha value is -2.83. The summed E-state index contributed by atoms with van der Waals surface area (Å²) in [5.74, 6) is -1.13. The van der Waals surface area contributed by atoms with Gasteiger partial charge in [0.1, 0.15) is 6.67 Å². The summed E-state index contributed by atoms with van der Waals surface area (Å²) in [4.78, 5) is 11.6. The van der Waals surface area contributed by atoms with Crippen LogP contribution in [-0.4, -0.2) is 22.3 Å². The fourth-order valence-corrected chi connectivity index (χ4v) is 3.04. The number of aromatic nitrogens is 1. The highest BCUT2D eigenvalue weighted by atomic mass is 19.4. The molecule has 0 spiro atoms. The Morgan fingerprint density at radius 1 is 1.08 bits per heavy atom.